The van der Waals surface area contributed by atoms with E-state index >= 15 is 0 Å². The van der Waals surface area contributed by atoms with Crippen LogP contribution in [0.4, 0.5) is 0 Å². The monoisotopic (exact) mass is 321 g/mol. The summed E-state index contributed by atoms with van der Waals surface area (Å²) < 4.78 is 5.18. The number of aromatic nitrogens is 2. The molecule has 5 heteroatoms. The lowest BCUT2D eigenvalue weighted by molar-refractivity contribution is 0.0946. The number of nitrogens with zero attached hydrogens (tertiary/aromatic N) is 2. The molecule has 2 aromatic heterocycles. The van der Waals surface area contributed by atoms with Crippen LogP contribution >= 0.6 is 0 Å². The largest absolute Gasteiger partial charge is 0.361 e. The average Bonchev–Trinajstić information content (AvgIpc) is 2.92. The molecule has 0 aliphatic carbocycles. The third-order valence-electron chi connectivity index (χ3n) is 3.97. The number of pyridine rings is 1. The van der Waals surface area contributed by atoms with Gasteiger partial charge in [0.2, 0.25) is 0 Å². The maximum absolute atomic E-state index is 12.4. The van der Waals surface area contributed by atoms with Crippen molar-refractivity contribution < 1.29 is 9.32 Å². The predicted octanol–water partition coefficient (Wildman–Crippen LogP) is 3.59. The average molecular weight is 321 g/mol. The van der Waals surface area contributed by atoms with Crippen LogP contribution < -0.4 is 5.32 Å². The Morgan fingerprint density at radius 1 is 1.08 bits per heavy atom. The fraction of sp³-hybridized carbons (Fsp3) is 0.211. The highest BCUT2D eigenvalue weighted by Crippen LogP contribution is 2.25. The number of nitrogens with one attached hydrogen (secondary N) is 1. The topological polar surface area (TPSA) is 68.0 Å². The Bertz CT molecular complexity index is 864. The van der Waals surface area contributed by atoms with Crippen molar-refractivity contribution in [2.75, 3.05) is 0 Å². The molecule has 0 bridgehead atoms. The van der Waals surface area contributed by atoms with Crippen LogP contribution in [0.25, 0.3) is 11.3 Å². The Morgan fingerprint density at radius 3 is 2.58 bits per heavy atom. The van der Waals surface area contributed by atoms with Gasteiger partial charge in [0.25, 0.3) is 5.91 Å². The molecule has 0 saturated carbocycles. The van der Waals surface area contributed by atoms with Crippen molar-refractivity contribution in [2.45, 2.75) is 27.3 Å². The smallest absolute Gasteiger partial charge is 0.270 e. The minimum absolute atomic E-state index is 0.202. The summed E-state index contributed by atoms with van der Waals surface area (Å²) in [5, 5.41) is 6.85. The molecule has 3 aromatic rings. The molecule has 24 heavy (non-hydrogen) atoms. The van der Waals surface area contributed by atoms with E-state index < -0.39 is 0 Å². The minimum Gasteiger partial charge on any atom is -0.361 e. The fourth-order valence-electron chi connectivity index (χ4n) is 2.62. The Hall–Kier alpha value is -2.95. The van der Waals surface area contributed by atoms with Crippen LogP contribution in [0, 0.1) is 20.8 Å². The van der Waals surface area contributed by atoms with Gasteiger partial charge in [0.15, 0.2) is 0 Å². The summed E-state index contributed by atoms with van der Waals surface area (Å²) >= 11 is 0. The second kappa shape index (κ2) is 6.66. The first kappa shape index (κ1) is 15.9. The molecule has 1 amide bonds. The zero-order valence-electron chi connectivity index (χ0n) is 14.0. The molecule has 0 saturated heterocycles. The zero-order chi connectivity index (χ0) is 17.1. The summed E-state index contributed by atoms with van der Waals surface area (Å²) in [7, 11) is 0. The van der Waals surface area contributed by atoms with Gasteiger partial charge in [-0.3, -0.25) is 4.79 Å². The standard InChI is InChI=1S/C19H19N3O2/c1-12-7-4-5-8-15(12)11-20-19(23)17-10-6-9-16(21-17)18-13(2)22-24-14(18)3/h4-10H,11H2,1-3H3,(H,20,23). The van der Waals surface area contributed by atoms with Gasteiger partial charge >= 0.3 is 0 Å². The second-order valence-corrected chi connectivity index (χ2v) is 5.72. The third-order valence-corrected chi connectivity index (χ3v) is 3.97. The van der Waals surface area contributed by atoms with Gasteiger partial charge in [0.1, 0.15) is 11.5 Å². The third kappa shape index (κ3) is 3.20. The first-order chi connectivity index (χ1) is 11.6. The number of carbonyl (C=O) groups is 1. The van der Waals surface area contributed by atoms with Gasteiger partial charge in [-0.25, -0.2) is 4.98 Å². The lowest BCUT2D eigenvalue weighted by atomic mass is 10.1. The molecule has 0 spiro atoms. The number of amides is 1. The Labute approximate surface area is 140 Å². The number of hydrogen-bond acceptors (Lipinski definition) is 4. The summed E-state index contributed by atoms with van der Waals surface area (Å²) in [5.74, 6) is 0.490. The van der Waals surface area contributed by atoms with Gasteiger partial charge in [0.05, 0.1) is 17.0 Å². The van der Waals surface area contributed by atoms with Crippen molar-refractivity contribution >= 4 is 5.91 Å². The molecule has 0 unspecified atom stereocenters. The van der Waals surface area contributed by atoms with E-state index in [2.05, 4.69) is 15.5 Å². The summed E-state index contributed by atoms with van der Waals surface area (Å²) in [6, 6.07) is 13.3. The van der Waals surface area contributed by atoms with Crippen molar-refractivity contribution in [2.24, 2.45) is 0 Å². The molecule has 122 valence electrons. The van der Waals surface area contributed by atoms with Crippen LogP contribution in [0.2, 0.25) is 0 Å². The normalized spacial score (nSPS) is 10.6. The van der Waals surface area contributed by atoms with Crippen LogP contribution in [0.5, 0.6) is 0 Å². The first-order valence-electron chi connectivity index (χ1n) is 7.79. The molecular formula is C19H19N3O2. The Balaban J connectivity index is 1.79. The van der Waals surface area contributed by atoms with E-state index in [1.165, 1.54) is 0 Å². The Morgan fingerprint density at radius 2 is 1.88 bits per heavy atom. The molecule has 5 nitrogen and oxygen atoms in total. The molecule has 0 fully saturated rings. The molecule has 3 rings (SSSR count). The number of hydrogen-bond donors (Lipinski definition) is 1. The zero-order valence-corrected chi connectivity index (χ0v) is 14.0. The van der Waals surface area contributed by atoms with Gasteiger partial charge in [-0.05, 0) is 44.0 Å². The van der Waals surface area contributed by atoms with Gasteiger partial charge in [-0.1, -0.05) is 35.5 Å². The highest BCUT2D eigenvalue weighted by atomic mass is 16.5. The SMILES string of the molecule is Cc1ccccc1CNC(=O)c1cccc(-c2c(C)noc2C)n1. The lowest BCUT2D eigenvalue weighted by Gasteiger charge is -2.08. The summed E-state index contributed by atoms with van der Waals surface area (Å²) in [5.41, 5.74) is 4.90. The minimum atomic E-state index is -0.202. The van der Waals surface area contributed by atoms with E-state index in [0.717, 1.165) is 22.4 Å². The summed E-state index contributed by atoms with van der Waals surface area (Å²) in [4.78, 5) is 16.9. The molecule has 2 heterocycles. The van der Waals surface area contributed by atoms with Crippen LogP contribution in [0.3, 0.4) is 0 Å². The van der Waals surface area contributed by atoms with Crippen molar-refractivity contribution in [1.82, 2.24) is 15.5 Å². The summed E-state index contributed by atoms with van der Waals surface area (Å²) in [6.07, 6.45) is 0. The molecule has 0 aliphatic rings. The highest BCUT2D eigenvalue weighted by Gasteiger charge is 2.15. The number of aryl methyl sites for hydroxylation is 3. The van der Waals surface area contributed by atoms with Crippen molar-refractivity contribution in [3.8, 4) is 11.3 Å². The van der Waals surface area contributed by atoms with Gasteiger partial charge in [0, 0.05) is 6.54 Å². The van der Waals surface area contributed by atoms with Crippen molar-refractivity contribution in [1.29, 1.82) is 0 Å². The number of rotatable bonds is 4. The van der Waals surface area contributed by atoms with Gasteiger partial charge in [-0.15, -0.1) is 0 Å². The summed E-state index contributed by atoms with van der Waals surface area (Å²) in [6.45, 7) is 6.20. The predicted molar refractivity (Wildman–Crippen MR) is 91.6 cm³/mol. The van der Waals surface area contributed by atoms with Crippen LogP contribution in [-0.2, 0) is 6.54 Å². The molecule has 0 atom stereocenters. The van der Waals surface area contributed by atoms with Crippen molar-refractivity contribution in [3.63, 3.8) is 0 Å². The maximum Gasteiger partial charge on any atom is 0.270 e. The van der Waals surface area contributed by atoms with Crippen LogP contribution in [0.15, 0.2) is 47.0 Å². The van der Waals surface area contributed by atoms with E-state index in [-0.39, 0.29) is 5.91 Å². The fourth-order valence-corrected chi connectivity index (χ4v) is 2.62. The van der Waals surface area contributed by atoms with E-state index in [0.29, 0.717) is 23.7 Å². The molecule has 0 radical (unpaired) electrons. The molecule has 1 aromatic carbocycles. The van der Waals surface area contributed by atoms with Crippen LogP contribution in [-0.4, -0.2) is 16.0 Å². The van der Waals surface area contributed by atoms with Crippen LogP contribution in [0.1, 0.15) is 33.1 Å². The van der Waals surface area contributed by atoms with E-state index in [4.69, 9.17) is 4.52 Å². The Kier molecular flexibility index (Phi) is 4.42. The maximum atomic E-state index is 12.4. The molecule has 1 N–H and O–H groups in total. The number of benzene rings is 1. The number of carbonyl (C=O) groups excluding carboxylic acids is 1. The lowest BCUT2D eigenvalue weighted by Crippen LogP contribution is -2.24. The molecular weight excluding hydrogens is 302 g/mol. The van der Waals surface area contributed by atoms with E-state index in [9.17, 15) is 4.79 Å². The van der Waals surface area contributed by atoms with Crippen molar-refractivity contribution in [3.05, 3.63) is 70.7 Å². The van der Waals surface area contributed by atoms with Gasteiger partial charge < -0.3 is 9.84 Å². The molecule has 0 aliphatic heterocycles. The quantitative estimate of drug-likeness (QED) is 0.797. The van der Waals surface area contributed by atoms with E-state index in [1.54, 1.807) is 6.07 Å². The first-order valence-corrected chi connectivity index (χ1v) is 7.79. The second-order valence-electron chi connectivity index (χ2n) is 5.72. The van der Waals surface area contributed by atoms with E-state index in [1.807, 2.05) is 57.2 Å². The van der Waals surface area contributed by atoms with Gasteiger partial charge in [-0.2, -0.15) is 0 Å². The highest BCUT2D eigenvalue weighted by molar-refractivity contribution is 5.92.